The van der Waals surface area contributed by atoms with Gasteiger partial charge in [0.15, 0.2) is 0 Å². The summed E-state index contributed by atoms with van der Waals surface area (Å²) in [6.07, 6.45) is 5.38. The number of carbonyl (C=O) groups is 1. The predicted molar refractivity (Wildman–Crippen MR) is 80.4 cm³/mol. The van der Waals surface area contributed by atoms with Crippen LogP contribution in [0.4, 0.5) is 8.78 Å². The number of hydrogen-bond donors (Lipinski definition) is 1. The van der Waals surface area contributed by atoms with Crippen LogP contribution in [-0.4, -0.2) is 19.3 Å². The third kappa shape index (κ3) is 4.96. The van der Waals surface area contributed by atoms with Crippen LogP contribution in [0.5, 0.6) is 0 Å². The van der Waals surface area contributed by atoms with E-state index < -0.39 is 38.9 Å². The summed E-state index contributed by atoms with van der Waals surface area (Å²) in [6, 6.07) is 6.32. The predicted octanol–water partition coefficient (Wildman–Crippen LogP) is 2.02. The van der Waals surface area contributed by atoms with Gasteiger partial charge in [-0.1, -0.05) is 12.1 Å². The van der Waals surface area contributed by atoms with Crippen molar-refractivity contribution < 1.29 is 22.0 Å². The number of nitrogens with one attached hydrogen (secondary N) is 1. The number of nitrogens with zero attached hydrogens (tertiary/aromatic N) is 1. The maximum absolute atomic E-state index is 13.4. The van der Waals surface area contributed by atoms with E-state index in [1.165, 1.54) is 12.3 Å². The summed E-state index contributed by atoms with van der Waals surface area (Å²) in [6.45, 7) is 0. The third-order valence-electron chi connectivity index (χ3n) is 2.76. The molecule has 120 valence electrons. The average molecular weight is 338 g/mol. The molecule has 0 aliphatic heterocycles. The zero-order valence-corrected chi connectivity index (χ0v) is 12.6. The minimum absolute atomic E-state index is 0.597. The van der Waals surface area contributed by atoms with Crippen molar-refractivity contribution in [3.8, 4) is 0 Å². The SMILES string of the molecule is O=C(/C=C/c1cccnc1)NS(=O)(=O)Cc1c(F)cccc1F. The molecule has 1 heterocycles. The maximum Gasteiger partial charge on any atom is 0.257 e. The molecule has 0 bridgehead atoms. The van der Waals surface area contributed by atoms with Gasteiger partial charge in [0.25, 0.3) is 5.91 Å². The van der Waals surface area contributed by atoms with E-state index in [0.29, 0.717) is 5.56 Å². The van der Waals surface area contributed by atoms with Crippen molar-refractivity contribution in [3.63, 3.8) is 0 Å². The number of sulfonamides is 1. The number of aromatic nitrogens is 1. The van der Waals surface area contributed by atoms with Crippen molar-refractivity contribution in [1.82, 2.24) is 9.71 Å². The second-order valence-electron chi connectivity index (χ2n) is 4.55. The van der Waals surface area contributed by atoms with E-state index in [4.69, 9.17) is 0 Å². The molecule has 0 radical (unpaired) electrons. The van der Waals surface area contributed by atoms with Crippen LogP contribution in [0.2, 0.25) is 0 Å². The van der Waals surface area contributed by atoms with Crippen molar-refractivity contribution in [3.05, 3.63) is 71.6 Å². The molecular formula is C15H12F2N2O3S. The van der Waals surface area contributed by atoms with Crippen LogP contribution >= 0.6 is 0 Å². The molecular weight excluding hydrogens is 326 g/mol. The van der Waals surface area contributed by atoms with E-state index >= 15 is 0 Å². The van der Waals surface area contributed by atoms with Crippen LogP contribution in [0.25, 0.3) is 6.08 Å². The number of hydrogen-bond acceptors (Lipinski definition) is 4. The second kappa shape index (κ2) is 7.10. The van der Waals surface area contributed by atoms with Gasteiger partial charge in [-0.3, -0.25) is 9.78 Å². The third-order valence-corrected chi connectivity index (χ3v) is 3.94. The van der Waals surface area contributed by atoms with E-state index in [9.17, 15) is 22.0 Å². The van der Waals surface area contributed by atoms with Crippen LogP contribution in [0.3, 0.4) is 0 Å². The van der Waals surface area contributed by atoms with Gasteiger partial charge in [0.2, 0.25) is 10.0 Å². The van der Waals surface area contributed by atoms with Gasteiger partial charge >= 0.3 is 0 Å². The molecule has 5 nitrogen and oxygen atoms in total. The molecule has 1 N–H and O–H groups in total. The fraction of sp³-hybridized carbons (Fsp3) is 0.0667. The lowest BCUT2D eigenvalue weighted by molar-refractivity contribution is -0.114. The van der Waals surface area contributed by atoms with Gasteiger partial charge in [-0.2, -0.15) is 0 Å². The number of halogens is 2. The lowest BCUT2D eigenvalue weighted by Crippen LogP contribution is -2.30. The quantitative estimate of drug-likeness (QED) is 0.846. The fourth-order valence-corrected chi connectivity index (χ4v) is 2.83. The second-order valence-corrected chi connectivity index (χ2v) is 6.27. The van der Waals surface area contributed by atoms with Crippen LogP contribution < -0.4 is 4.72 Å². The highest BCUT2D eigenvalue weighted by molar-refractivity contribution is 7.89. The first kappa shape index (κ1) is 16.8. The molecule has 2 aromatic rings. The highest BCUT2D eigenvalue weighted by Crippen LogP contribution is 2.14. The zero-order chi connectivity index (χ0) is 16.9. The Balaban J connectivity index is 2.06. The van der Waals surface area contributed by atoms with Crippen molar-refractivity contribution >= 4 is 22.0 Å². The molecule has 0 fully saturated rings. The van der Waals surface area contributed by atoms with E-state index in [1.54, 1.807) is 23.1 Å². The van der Waals surface area contributed by atoms with Gasteiger partial charge in [-0.15, -0.1) is 0 Å². The highest BCUT2D eigenvalue weighted by atomic mass is 32.2. The molecule has 0 atom stereocenters. The minimum atomic E-state index is -4.23. The van der Waals surface area contributed by atoms with Crippen molar-refractivity contribution in [1.29, 1.82) is 0 Å². The first-order chi connectivity index (χ1) is 10.9. The Hall–Kier alpha value is -2.61. The molecule has 23 heavy (non-hydrogen) atoms. The number of benzene rings is 1. The Kier molecular flexibility index (Phi) is 5.17. The first-order valence-electron chi connectivity index (χ1n) is 6.43. The molecule has 0 spiro atoms. The summed E-state index contributed by atoms with van der Waals surface area (Å²) in [5.74, 6) is -3.88. The van der Waals surface area contributed by atoms with Gasteiger partial charge in [0.05, 0.1) is 0 Å². The van der Waals surface area contributed by atoms with E-state index in [2.05, 4.69) is 4.98 Å². The largest absolute Gasteiger partial charge is 0.269 e. The topological polar surface area (TPSA) is 76.1 Å². The van der Waals surface area contributed by atoms with Crippen LogP contribution in [0, 0.1) is 11.6 Å². The van der Waals surface area contributed by atoms with Crippen molar-refractivity contribution in [2.24, 2.45) is 0 Å². The molecule has 0 unspecified atom stereocenters. The molecule has 0 saturated carbocycles. The number of pyridine rings is 1. The van der Waals surface area contributed by atoms with E-state index in [0.717, 1.165) is 24.3 Å². The standard InChI is InChI=1S/C15H12F2N2O3S/c16-13-4-1-5-14(17)12(13)10-23(21,22)19-15(20)7-6-11-3-2-8-18-9-11/h1-9H,10H2,(H,19,20)/b7-6+. The maximum atomic E-state index is 13.4. The fourth-order valence-electron chi connectivity index (χ4n) is 1.73. The van der Waals surface area contributed by atoms with Gasteiger partial charge in [0, 0.05) is 24.0 Å². The Morgan fingerprint density at radius 2 is 1.87 bits per heavy atom. The lowest BCUT2D eigenvalue weighted by Gasteiger charge is -2.07. The number of carbonyl (C=O) groups excluding carboxylic acids is 1. The van der Waals surface area contributed by atoms with Gasteiger partial charge in [0.1, 0.15) is 17.4 Å². The summed E-state index contributed by atoms with van der Waals surface area (Å²) in [5, 5.41) is 0. The molecule has 0 aliphatic rings. The summed E-state index contributed by atoms with van der Waals surface area (Å²) < 4.78 is 52.3. The molecule has 2 rings (SSSR count). The van der Waals surface area contributed by atoms with Crippen LogP contribution in [0.1, 0.15) is 11.1 Å². The molecule has 0 saturated heterocycles. The number of rotatable bonds is 5. The lowest BCUT2D eigenvalue weighted by atomic mass is 10.2. The highest BCUT2D eigenvalue weighted by Gasteiger charge is 2.19. The van der Waals surface area contributed by atoms with Gasteiger partial charge < -0.3 is 0 Å². The summed E-state index contributed by atoms with van der Waals surface area (Å²) in [7, 11) is -4.23. The Morgan fingerprint density at radius 1 is 1.17 bits per heavy atom. The molecule has 8 heteroatoms. The smallest absolute Gasteiger partial charge is 0.257 e. The van der Waals surface area contributed by atoms with E-state index in [1.807, 2.05) is 0 Å². The average Bonchev–Trinajstić information content (AvgIpc) is 2.50. The Bertz CT molecular complexity index is 817. The number of amides is 1. The first-order valence-corrected chi connectivity index (χ1v) is 8.08. The minimum Gasteiger partial charge on any atom is -0.269 e. The van der Waals surface area contributed by atoms with Crippen molar-refractivity contribution in [2.75, 3.05) is 0 Å². The zero-order valence-electron chi connectivity index (χ0n) is 11.7. The normalized spacial score (nSPS) is 11.6. The Labute approximate surface area is 131 Å². The summed E-state index contributed by atoms with van der Waals surface area (Å²) >= 11 is 0. The molecule has 1 aromatic heterocycles. The Morgan fingerprint density at radius 3 is 2.48 bits per heavy atom. The van der Waals surface area contributed by atoms with Crippen molar-refractivity contribution in [2.45, 2.75) is 5.75 Å². The van der Waals surface area contributed by atoms with Crippen LogP contribution in [0.15, 0.2) is 48.8 Å². The molecule has 1 aromatic carbocycles. The summed E-state index contributed by atoms with van der Waals surface area (Å²) in [5.41, 5.74) is -0.0239. The molecule has 0 aliphatic carbocycles. The molecule has 1 amide bonds. The van der Waals surface area contributed by atoms with Crippen LogP contribution in [-0.2, 0) is 20.6 Å². The monoisotopic (exact) mass is 338 g/mol. The summed E-state index contributed by atoms with van der Waals surface area (Å²) in [4.78, 5) is 15.4. The van der Waals surface area contributed by atoms with E-state index in [-0.39, 0.29) is 0 Å². The van der Waals surface area contributed by atoms with Gasteiger partial charge in [-0.25, -0.2) is 21.9 Å². The van der Waals surface area contributed by atoms with Gasteiger partial charge in [-0.05, 0) is 29.8 Å².